The van der Waals surface area contributed by atoms with Crippen LogP contribution in [0.3, 0.4) is 0 Å². The fourth-order valence-corrected chi connectivity index (χ4v) is 8.63. The van der Waals surface area contributed by atoms with E-state index in [0.717, 1.165) is 64.8 Å². The van der Waals surface area contributed by atoms with Crippen LogP contribution in [0.25, 0.3) is 0 Å². The Morgan fingerprint density at radius 1 is 1.04 bits per heavy atom. The molecule has 2 amide bonds. The molecule has 376 valence electrons. The molecule has 0 bridgehead atoms. The number of halogens is 2. The molecule has 1 aromatic heterocycles. The molecule has 2 aliphatic heterocycles. The van der Waals surface area contributed by atoms with Crippen molar-refractivity contribution in [3.05, 3.63) is 85.5 Å². The number of aromatic nitrogens is 2. The molecule has 0 saturated carbocycles. The predicted molar refractivity (Wildman–Crippen MR) is 261 cm³/mol. The van der Waals surface area contributed by atoms with Crippen molar-refractivity contribution < 1.29 is 62.0 Å². The number of nitrogens with zero attached hydrogens (tertiary/aromatic N) is 4. The highest BCUT2D eigenvalue weighted by Gasteiger charge is 2.42. The topological polar surface area (TPSA) is 245 Å². The number of urea groups is 1. The molecule has 0 aliphatic carbocycles. The van der Waals surface area contributed by atoms with E-state index in [1.807, 2.05) is 30.4 Å². The van der Waals surface area contributed by atoms with Gasteiger partial charge in [-0.3, -0.25) is 29.2 Å². The number of hydrogen-bond acceptors (Lipinski definition) is 15. The summed E-state index contributed by atoms with van der Waals surface area (Å²) < 4.78 is 49.9. The average Bonchev–Trinajstić information content (AvgIpc) is 3.57. The molecule has 0 fully saturated rings. The molecule has 2 unspecified atom stereocenters. The van der Waals surface area contributed by atoms with Crippen LogP contribution >= 0.6 is 42.3 Å². The molecule has 3 aromatic carbocycles. The van der Waals surface area contributed by atoms with Gasteiger partial charge in [0.1, 0.15) is 36.3 Å². The first kappa shape index (κ1) is 57.9. The number of carbonyl (C=O) groups excluding carboxylic acids is 2. The van der Waals surface area contributed by atoms with Crippen molar-refractivity contribution in [3.63, 3.8) is 0 Å². The summed E-state index contributed by atoms with van der Waals surface area (Å²) in [6, 6.07) is 15.2. The molecule has 6 rings (SSSR count). The summed E-state index contributed by atoms with van der Waals surface area (Å²) in [5.74, 6) is -0.705. The molecule has 25 heteroatoms. The molecular weight excluding hydrogens is 990 g/mol. The highest BCUT2D eigenvalue weighted by molar-refractivity contribution is 8.00. The summed E-state index contributed by atoms with van der Waals surface area (Å²) >= 11 is 8.17. The number of thioether (sulfide) groups is 1. The van der Waals surface area contributed by atoms with Gasteiger partial charge in [-0.25, -0.2) is 23.9 Å². The maximum absolute atomic E-state index is 14.3. The van der Waals surface area contributed by atoms with Gasteiger partial charge >= 0.3 is 22.8 Å². The molecule has 0 spiro atoms. The molecule has 4 N–H and O–H groups in total. The molecule has 3 heterocycles. The smallest absolute Gasteiger partial charge is 0.345 e. The molecule has 2 atom stereocenters. The number of benzene rings is 3. The van der Waals surface area contributed by atoms with Gasteiger partial charge in [-0.2, -0.15) is 0 Å². The van der Waals surface area contributed by atoms with Gasteiger partial charge in [-0.15, -0.1) is 11.8 Å². The Kier molecular flexibility index (Phi) is 22.6. The molecule has 2 aliphatic rings. The second-order valence-electron chi connectivity index (χ2n) is 16.1. The van der Waals surface area contributed by atoms with E-state index >= 15 is 0 Å². The normalized spacial score (nSPS) is 16.6. The lowest BCUT2D eigenvalue weighted by atomic mass is 9.76. The van der Waals surface area contributed by atoms with Gasteiger partial charge in [0.25, 0.3) is 0 Å². The van der Waals surface area contributed by atoms with E-state index in [-0.39, 0.29) is 32.8 Å². The Labute approximate surface area is 410 Å². The van der Waals surface area contributed by atoms with Gasteiger partial charge in [-0.05, 0) is 83.0 Å². The summed E-state index contributed by atoms with van der Waals surface area (Å²) in [6.07, 6.45) is 8.53. The summed E-state index contributed by atoms with van der Waals surface area (Å²) in [5.41, 5.74) is 1.77. The number of hydroxylamine groups is 2. The lowest BCUT2D eigenvalue weighted by molar-refractivity contribution is -0.193. The monoisotopic (exact) mass is 1050 g/mol. The van der Waals surface area contributed by atoms with Gasteiger partial charge in [0.15, 0.2) is 0 Å². The fraction of sp³-hybridized carbons (Fsp3) is 0.465. The van der Waals surface area contributed by atoms with Crippen LogP contribution < -0.4 is 34.7 Å². The number of carboxylic acid groups (broad SMARTS) is 1. The van der Waals surface area contributed by atoms with Crippen LogP contribution in [-0.4, -0.2) is 114 Å². The summed E-state index contributed by atoms with van der Waals surface area (Å²) in [5, 5.41) is 14.0. The van der Waals surface area contributed by atoms with Gasteiger partial charge in [-0.1, -0.05) is 31.5 Å². The quantitative estimate of drug-likeness (QED) is 0.0373. The zero-order valence-corrected chi connectivity index (χ0v) is 43.6. The van der Waals surface area contributed by atoms with Crippen LogP contribution in [-0.2, 0) is 57.9 Å². The third-order valence-electron chi connectivity index (χ3n) is 9.37. The number of fused-ring (bicyclic) bond motifs is 2. The van der Waals surface area contributed by atoms with E-state index < -0.39 is 44.0 Å². The summed E-state index contributed by atoms with van der Waals surface area (Å²) in [7, 11) is 2.20. The number of anilines is 1. The zero-order chi connectivity index (χ0) is 51.0. The summed E-state index contributed by atoms with van der Waals surface area (Å²) in [6.45, 7) is 7.15. The van der Waals surface area contributed by atoms with Crippen LogP contribution in [0, 0.1) is 5.82 Å². The first-order valence-electron chi connectivity index (χ1n) is 20.5. The third-order valence-corrected chi connectivity index (χ3v) is 12.3. The van der Waals surface area contributed by atoms with E-state index in [9.17, 15) is 33.0 Å². The van der Waals surface area contributed by atoms with Gasteiger partial charge in [0.05, 0.1) is 56.6 Å². The van der Waals surface area contributed by atoms with Crippen molar-refractivity contribution in [3.8, 4) is 17.2 Å². The molecule has 19 nitrogen and oxygen atoms in total. The summed E-state index contributed by atoms with van der Waals surface area (Å²) in [4.78, 5) is 72.9. The molecule has 4 aromatic rings. The number of carboxylic acids is 1. The second kappa shape index (κ2) is 26.5. The number of esters is 1. The Bertz CT molecular complexity index is 2520. The van der Waals surface area contributed by atoms with E-state index in [0.29, 0.717) is 50.9 Å². The number of ether oxygens (including phenoxy) is 4. The van der Waals surface area contributed by atoms with Crippen LogP contribution in [0.2, 0.25) is 5.02 Å². The minimum absolute atomic E-state index is 0.0605. The van der Waals surface area contributed by atoms with Crippen molar-refractivity contribution in [2.24, 2.45) is 4.99 Å². The SMILES string of the molecule is COC(=O)CSc1cc(/N=c2\sc(=O)n3n2CCCC3)c(F)cc1Cl.CON(C)C(=O)Nc1ccc(Oc2ccc3c(c2)OC(C)(OC)CC3(C)C)cc1.C[S+](C)C.O=C(O)CNCP(=O)([O-])O. The maximum atomic E-state index is 14.3. The average molecular weight is 1050 g/mol. The van der Waals surface area contributed by atoms with Crippen molar-refractivity contribution >= 4 is 82.5 Å². The predicted octanol–water partition coefficient (Wildman–Crippen LogP) is 6.38. The first-order valence-corrected chi connectivity index (χ1v) is 26.9. The van der Waals surface area contributed by atoms with E-state index in [1.54, 1.807) is 40.7 Å². The standard InChI is InChI=1S/C22H28N2O5.C15H15ClFN3O3S2.C3H8NO5P.C3H9S/c1-21(2)14-22(3,26-5)29-19-13-17(11-12-18(19)21)28-16-9-7-15(8-10-16)23-20(25)24(4)27-6;1-23-13(21)8-24-12-7-11(10(17)6-9(12)16)18-14-19-4-2-3-5-20(19)15(22)25-14;5-3(6)1-4-2-10(7,8)9;1-4(2)3/h7-13H,14H2,1-6H3,(H,23,25);6-7H,2-5,8H2,1H3;4H,1-2H2,(H,5,6)(H2,7,8,9);1-3H3/q;;;+1/p-1/b;18-14-;;. The van der Waals surface area contributed by atoms with Gasteiger partial charge in [0, 0.05) is 62.8 Å². The number of amides is 2. The number of methoxy groups -OCH3 is 2. The zero-order valence-electron chi connectivity index (χ0n) is 39.5. The Hall–Kier alpha value is -4.42. The lowest BCUT2D eigenvalue weighted by Crippen LogP contribution is -2.45. The van der Waals surface area contributed by atoms with Crippen LogP contribution in [0.5, 0.6) is 17.2 Å². The Balaban J connectivity index is 0.000000284. The number of rotatable bonds is 13. The van der Waals surface area contributed by atoms with Gasteiger partial charge < -0.3 is 43.7 Å². The fourth-order valence-electron chi connectivity index (χ4n) is 6.25. The van der Waals surface area contributed by atoms with Crippen LogP contribution in [0.4, 0.5) is 20.6 Å². The minimum atomic E-state index is -4.35. The van der Waals surface area contributed by atoms with Crippen molar-refractivity contribution in [1.29, 1.82) is 0 Å². The van der Waals surface area contributed by atoms with E-state index in [1.165, 1.54) is 27.3 Å². The van der Waals surface area contributed by atoms with Crippen LogP contribution in [0.15, 0.2) is 69.3 Å². The maximum Gasteiger partial charge on any atom is 0.345 e. The van der Waals surface area contributed by atoms with E-state index in [4.69, 9.17) is 40.6 Å². The number of nitrogens with one attached hydrogen (secondary N) is 2. The van der Waals surface area contributed by atoms with Crippen LogP contribution in [0.1, 0.15) is 45.6 Å². The highest BCUT2D eigenvalue weighted by atomic mass is 35.5. The first-order chi connectivity index (χ1) is 31.8. The van der Waals surface area contributed by atoms with Crippen molar-refractivity contribution in [2.75, 3.05) is 71.0 Å². The molecular formula is C43H59ClFN6O13PS3. The van der Waals surface area contributed by atoms with Crippen molar-refractivity contribution in [1.82, 2.24) is 19.7 Å². The van der Waals surface area contributed by atoms with Gasteiger partial charge in [0.2, 0.25) is 10.6 Å². The Morgan fingerprint density at radius 2 is 1.66 bits per heavy atom. The largest absolute Gasteiger partial charge is 0.778 e. The van der Waals surface area contributed by atoms with Crippen molar-refractivity contribution in [2.45, 2.75) is 69.2 Å². The Morgan fingerprint density at radius 3 is 2.24 bits per heavy atom. The number of hydrogen-bond donors (Lipinski definition) is 4. The van der Waals surface area contributed by atoms with E-state index in [2.05, 4.69) is 47.7 Å². The molecule has 0 saturated heterocycles. The molecule has 68 heavy (non-hydrogen) atoms. The third kappa shape index (κ3) is 18.8. The highest BCUT2D eigenvalue weighted by Crippen LogP contribution is 2.46. The minimum Gasteiger partial charge on any atom is -0.778 e. The number of aliphatic carboxylic acids is 1. The molecule has 0 radical (unpaired) electrons. The lowest BCUT2D eigenvalue weighted by Gasteiger charge is -2.43. The number of carbonyl (C=O) groups is 3. The second-order valence-corrected chi connectivity index (χ2v) is 22.4.